The SMILES string of the molecule is CCCC(C(CC1CCCCC1)C(=O)O)N(C=O)OC1CCCCO1. The number of aliphatic carboxylic acids is 1. The van der Waals surface area contributed by atoms with Gasteiger partial charge in [-0.05, 0) is 31.6 Å². The maximum atomic E-state index is 12.0. The van der Waals surface area contributed by atoms with E-state index in [0.717, 1.165) is 38.5 Å². The molecule has 0 spiro atoms. The Morgan fingerprint density at radius 3 is 2.52 bits per heavy atom. The highest BCUT2D eigenvalue weighted by Gasteiger charge is 2.36. The number of carbonyl (C=O) groups is 2. The molecule has 25 heavy (non-hydrogen) atoms. The van der Waals surface area contributed by atoms with Crippen molar-refractivity contribution in [3.63, 3.8) is 0 Å². The minimum absolute atomic E-state index is 0.438. The van der Waals surface area contributed by atoms with Crippen LogP contribution in [0, 0.1) is 11.8 Å². The summed E-state index contributed by atoms with van der Waals surface area (Å²) in [6.07, 6.45) is 10.8. The van der Waals surface area contributed by atoms with Crippen LogP contribution in [0.1, 0.15) is 77.6 Å². The summed E-state index contributed by atoms with van der Waals surface area (Å²) in [7, 11) is 0. The van der Waals surface area contributed by atoms with Crippen LogP contribution in [0.2, 0.25) is 0 Å². The van der Waals surface area contributed by atoms with Gasteiger partial charge in [0.05, 0.1) is 12.0 Å². The standard InChI is InChI=1S/C19H33NO5/c1-2-8-17(20(14-21)25-18-11-6-7-12-24-18)16(19(22)23)13-15-9-4-3-5-10-15/h14-18H,2-13H2,1H3,(H,22,23). The van der Waals surface area contributed by atoms with E-state index in [2.05, 4.69) is 0 Å². The van der Waals surface area contributed by atoms with Crippen molar-refractivity contribution in [3.05, 3.63) is 0 Å². The van der Waals surface area contributed by atoms with Gasteiger partial charge in [-0.2, -0.15) is 0 Å². The first-order valence-electron chi connectivity index (χ1n) is 9.90. The van der Waals surface area contributed by atoms with Crippen molar-refractivity contribution in [2.75, 3.05) is 6.61 Å². The van der Waals surface area contributed by atoms with Crippen LogP contribution in [0.5, 0.6) is 0 Å². The van der Waals surface area contributed by atoms with Crippen LogP contribution in [0.3, 0.4) is 0 Å². The normalized spacial score (nSPS) is 24.4. The van der Waals surface area contributed by atoms with Crippen molar-refractivity contribution in [1.82, 2.24) is 5.06 Å². The fraction of sp³-hybridized carbons (Fsp3) is 0.895. The van der Waals surface area contributed by atoms with Gasteiger partial charge in [0.15, 0.2) is 6.29 Å². The molecule has 3 unspecified atom stereocenters. The molecule has 1 heterocycles. The van der Waals surface area contributed by atoms with E-state index in [0.29, 0.717) is 31.8 Å². The molecule has 6 nitrogen and oxygen atoms in total. The van der Waals surface area contributed by atoms with E-state index in [1.807, 2.05) is 6.92 Å². The third-order valence-electron chi connectivity index (χ3n) is 5.49. The van der Waals surface area contributed by atoms with Gasteiger partial charge in [-0.3, -0.25) is 9.59 Å². The second-order valence-electron chi connectivity index (χ2n) is 7.41. The molecule has 3 atom stereocenters. The number of carbonyl (C=O) groups excluding carboxylic acids is 1. The van der Waals surface area contributed by atoms with Crippen molar-refractivity contribution in [2.45, 2.75) is 89.9 Å². The summed E-state index contributed by atoms with van der Waals surface area (Å²) in [4.78, 5) is 29.4. The lowest BCUT2D eigenvalue weighted by Crippen LogP contribution is -2.46. The first-order chi connectivity index (χ1) is 12.2. The van der Waals surface area contributed by atoms with Crippen molar-refractivity contribution < 1.29 is 24.3 Å². The molecule has 1 amide bonds. The minimum Gasteiger partial charge on any atom is -0.481 e. The topological polar surface area (TPSA) is 76.1 Å². The van der Waals surface area contributed by atoms with Crippen molar-refractivity contribution >= 4 is 12.4 Å². The third-order valence-corrected chi connectivity index (χ3v) is 5.49. The Bertz CT molecular complexity index is 405. The lowest BCUT2D eigenvalue weighted by molar-refractivity contribution is -0.290. The molecule has 144 valence electrons. The maximum absolute atomic E-state index is 12.0. The predicted molar refractivity (Wildman–Crippen MR) is 93.6 cm³/mol. The van der Waals surface area contributed by atoms with Gasteiger partial charge in [-0.15, -0.1) is 0 Å². The van der Waals surface area contributed by atoms with Gasteiger partial charge in [0.2, 0.25) is 6.41 Å². The molecule has 0 aromatic rings. The number of nitrogens with zero attached hydrogens (tertiary/aromatic N) is 1. The van der Waals surface area contributed by atoms with E-state index >= 15 is 0 Å². The van der Waals surface area contributed by atoms with E-state index < -0.39 is 24.2 Å². The molecule has 6 heteroatoms. The number of carboxylic acids is 1. The van der Waals surface area contributed by atoms with Gasteiger partial charge in [-0.1, -0.05) is 45.4 Å². The highest BCUT2D eigenvalue weighted by Crippen LogP contribution is 2.33. The average Bonchev–Trinajstić information content (AvgIpc) is 2.64. The number of hydroxylamine groups is 2. The zero-order valence-corrected chi connectivity index (χ0v) is 15.4. The molecule has 0 aromatic heterocycles. The second kappa shape index (κ2) is 10.8. The fourth-order valence-electron chi connectivity index (χ4n) is 4.12. The van der Waals surface area contributed by atoms with Crippen molar-refractivity contribution in [3.8, 4) is 0 Å². The quantitative estimate of drug-likeness (QED) is 0.477. The lowest BCUT2D eigenvalue weighted by atomic mass is 9.79. The molecule has 1 N–H and O–H groups in total. The molecule has 0 bridgehead atoms. The Hall–Kier alpha value is -1.14. The highest BCUT2D eigenvalue weighted by molar-refractivity contribution is 5.71. The molecular weight excluding hydrogens is 322 g/mol. The zero-order valence-electron chi connectivity index (χ0n) is 15.4. The number of rotatable bonds is 10. The van der Waals surface area contributed by atoms with Crippen molar-refractivity contribution in [1.29, 1.82) is 0 Å². The Morgan fingerprint density at radius 1 is 1.24 bits per heavy atom. The molecule has 2 fully saturated rings. The van der Waals surface area contributed by atoms with Gasteiger partial charge >= 0.3 is 5.97 Å². The molecule has 1 aliphatic heterocycles. The smallest absolute Gasteiger partial charge is 0.308 e. The molecule has 1 aliphatic carbocycles. The Labute approximate surface area is 150 Å². The lowest BCUT2D eigenvalue weighted by Gasteiger charge is -2.36. The van der Waals surface area contributed by atoms with Crippen LogP contribution >= 0.6 is 0 Å². The summed E-state index contributed by atoms with van der Waals surface area (Å²) in [5.41, 5.74) is 0. The Morgan fingerprint density at radius 2 is 1.96 bits per heavy atom. The number of hydrogen-bond donors (Lipinski definition) is 1. The van der Waals surface area contributed by atoms with E-state index in [1.165, 1.54) is 24.3 Å². The van der Waals surface area contributed by atoms with Crippen LogP contribution in [-0.4, -0.2) is 41.5 Å². The van der Waals surface area contributed by atoms with Gasteiger partial charge < -0.3 is 9.84 Å². The Kier molecular flexibility index (Phi) is 8.68. The van der Waals surface area contributed by atoms with Gasteiger partial charge in [-0.25, -0.2) is 9.90 Å². The largest absolute Gasteiger partial charge is 0.481 e. The summed E-state index contributed by atoms with van der Waals surface area (Å²) in [5, 5.41) is 11.1. The first-order valence-corrected chi connectivity index (χ1v) is 9.90. The first kappa shape index (κ1) is 20.2. The average molecular weight is 355 g/mol. The third kappa shape index (κ3) is 6.26. The second-order valence-corrected chi connectivity index (χ2v) is 7.41. The van der Waals surface area contributed by atoms with E-state index in [4.69, 9.17) is 9.57 Å². The zero-order chi connectivity index (χ0) is 18.1. The number of amides is 1. The molecule has 2 aliphatic rings. The summed E-state index contributed by atoms with van der Waals surface area (Å²) in [5.74, 6) is -0.977. The molecule has 2 rings (SSSR count). The highest BCUT2D eigenvalue weighted by atomic mass is 16.8. The summed E-state index contributed by atoms with van der Waals surface area (Å²) < 4.78 is 5.56. The number of ether oxygens (including phenoxy) is 1. The summed E-state index contributed by atoms with van der Waals surface area (Å²) in [6.45, 7) is 2.63. The maximum Gasteiger partial charge on any atom is 0.308 e. The molecule has 0 aromatic carbocycles. The monoisotopic (exact) mass is 355 g/mol. The fourth-order valence-corrected chi connectivity index (χ4v) is 4.12. The van der Waals surface area contributed by atoms with Crippen molar-refractivity contribution in [2.24, 2.45) is 11.8 Å². The molecule has 1 saturated heterocycles. The summed E-state index contributed by atoms with van der Waals surface area (Å²) in [6, 6.07) is -0.438. The van der Waals surface area contributed by atoms with Gasteiger partial charge in [0.25, 0.3) is 0 Å². The van der Waals surface area contributed by atoms with Crippen LogP contribution in [0.25, 0.3) is 0 Å². The molecule has 1 saturated carbocycles. The molecular formula is C19H33NO5. The van der Waals surface area contributed by atoms with E-state index in [1.54, 1.807) is 0 Å². The molecule has 0 radical (unpaired) electrons. The minimum atomic E-state index is -0.830. The Balaban J connectivity index is 2.05. The number of hydrogen-bond acceptors (Lipinski definition) is 4. The number of carboxylic acid groups (broad SMARTS) is 1. The van der Waals surface area contributed by atoms with Gasteiger partial charge in [0.1, 0.15) is 0 Å². The van der Waals surface area contributed by atoms with Crippen LogP contribution in [0.4, 0.5) is 0 Å². The van der Waals surface area contributed by atoms with Crippen LogP contribution in [0.15, 0.2) is 0 Å². The van der Waals surface area contributed by atoms with E-state index in [-0.39, 0.29) is 0 Å². The summed E-state index contributed by atoms with van der Waals surface area (Å²) >= 11 is 0. The van der Waals surface area contributed by atoms with Crippen LogP contribution < -0.4 is 0 Å². The van der Waals surface area contributed by atoms with E-state index in [9.17, 15) is 14.7 Å². The van der Waals surface area contributed by atoms with Crippen LogP contribution in [-0.2, 0) is 19.2 Å². The predicted octanol–water partition coefficient (Wildman–Crippen LogP) is 3.74. The van der Waals surface area contributed by atoms with Gasteiger partial charge in [0, 0.05) is 13.0 Å².